The van der Waals surface area contributed by atoms with E-state index in [9.17, 15) is 0 Å². The second kappa shape index (κ2) is 5.86. The number of fused-ring (bicyclic) bond motifs is 1. The molecule has 1 saturated carbocycles. The Balaban J connectivity index is 1.67. The summed E-state index contributed by atoms with van der Waals surface area (Å²) in [5.41, 5.74) is 8.75. The third kappa shape index (κ3) is 2.82. The number of hydrogen-bond donors (Lipinski definition) is 2. The van der Waals surface area contributed by atoms with E-state index in [1.165, 1.54) is 50.8 Å². The topological polar surface area (TPSA) is 54.7 Å². The van der Waals surface area contributed by atoms with E-state index in [4.69, 9.17) is 10.7 Å². The van der Waals surface area contributed by atoms with E-state index < -0.39 is 0 Å². The lowest BCUT2D eigenvalue weighted by Gasteiger charge is -2.27. The fourth-order valence-electron chi connectivity index (χ4n) is 3.46. The molecule has 3 heteroatoms. The minimum Gasteiger partial charge on any atom is -0.399 e. The first kappa shape index (κ1) is 13.5. The van der Waals surface area contributed by atoms with Gasteiger partial charge in [-0.05, 0) is 49.8 Å². The molecular formula is C17H25N3. The average Bonchev–Trinajstić information content (AvgIpc) is 2.88. The van der Waals surface area contributed by atoms with Crippen molar-refractivity contribution in [2.24, 2.45) is 5.92 Å². The monoisotopic (exact) mass is 271 g/mol. The van der Waals surface area contributed by atoms with E-state index in [-0.39, 0.29) is 0 Å². The molecule has 1 fully saturated rings. The third-order valence-corrected chi connectivity index (χ3v) is 4.72. The minimum absolute atomic E-state index is 0.613. The lowest BCUT2D eigenvalue weighted by molar-refractivity contribution is 0.299. The highest BCUT2D eigenvalue weighted by Gasteiger charge is 2.24. The normalized spacial score (nSPS) is 23.2. The second-order valence-corrected chi connectivity index (χ2v) is 6.26. The number of nitrogen functional groups attached to an aromatic ring is 1. The Kier molecular flexibility index (Phi) is 3.95. The first-order chi connectivity index (χ1) is 9.76. The van der Waals surface area contributed by atoms with Gasteiger partial charge < -0.3 is 10.7 Å². The van der Waals surface area contributed by atoms with Crippen LogP contribution >= 0.6 is 0 Å². The molecule has 3 nitrogen and oxygen atoms in total. The van der Waals surface area contributed by atoms with Crippen LogP contribution in [0.1, 0.15) is 63.6 Å². The highest BCUT2D eigenvalue weighted by molar-refractivity contribution is 5.78. The Hall–Kier alpha value is -1.51. The van der Waals surface area contributed by atoms with E-state index in [1.54, 1.807) is 0 Å². The van der Waals surface area contributed by atoms with Crippen LogP contribution in [-0.2, 0) is 0 Å². The summed E-state index contributed by atoms with van der Waals surface area (Å²) in [5, 5.41) is 0. The molecule has 3 N–H and O–H groups in total. The Morgan fingerprint density at radius 2 is 2.05 bits per heavy atom. The van der Waals surface area contributed by atoms with Gasteiger partial charge in [-0.3, -0.25) is 0 Å². The molecular weight excluding hydrogens is 246 g/mol. The van der Waals surface area contributed by atoms with Crippen LogP contribution in [0.2, 0.25) is 0 Å². The molecule has 1 heterocycles. The van der Waals surface area contributed by atoms with Gasteiger partial charge in [-0.15, -0.1) is 0 Å². The summed E-state index contributed by atoms with van der Waals surface area (Å²) in [6.07, 6.45) is 9.42. The van der Waals surface area contributed by atoms with E-state index in [0.29, 0.717) is 5.92 Å². The quantitative estimate of drug-likeness (QED) is 0.798. The van der Waals surface area contributed by atoms with E-state index >= 15 is 0 Å². The molecule has 1 aliphatic rings. The van der Waals surface area contributed by atoms with Gasteiger partial charge in [0, 0.05) is 11.6 Å². The highest BCUT2D eigenvalue weighted by Crippen LogP contribution is 2.37. The maximum Gasteiger partial charge on any atom is 0.110 e. The Bertz CT molecular complexity index is 565. The van der Waals surface area contributed by atoms with Crippen LogP contribution in [0.5, 0.6) is 0 Å². The number of nitrogens with one attached hydrogen (secondary N) is 1. The van der Waals surface area contributed by atoms with Crippen molar-refractivity contribution >= 4 is 16.7 Å². The average molecular weight is 271 g/mol. The van der Waals surface area contributed by atoms with E-state index in [2.05, 4.69) is 11.9 Å². The van der Waals surface area contributed by atoms with Crippen LogP contribution < -0.4 is 5.73 Å². The summed E-state index contributed by atoms with van der Waals surface area (Å²) in [6.45, 7) is 2.28. The van der Waals surface area contributed by atoms with Gasteiger partial charge in [0.25, 0.3) is 0 Å². The number of aromatic nitrogens is 2. The van der Waals surface area contributed by atoms with Crippen molar-refractivity contribution in [1.29, 1.82) is 0 Å². The fourth-order valence-corrected chi connectivity index (χ4v) is 3.46. The molecule has 0 bridgehead atoms. The number of aromatic amines is 1. The number of rotatable bonds is 4. The lowest BCUT2D eigenvalue weighted by atomic mass is 9.79. The molecule has 20 heavy (non-hydrogen) atoms. The number of unbranched alkanes of at least 4 members (excludes halogenated alkanes) is 1. The zero-order valence-corrected chi connectivity index (χ0v) is 12.4. The molecule has 0 spiro atoms. The lowest BCUT2D eigenvalue weighted by Crippen LogP contribution is -2.14. The number of H-pyrrole nitrogens is 1. The molecule has 0 saturated heterocycles. The minimum atomic E-state index is 0.613. The number of anilines is 1. The Morgan fingerprint density at radius 1 is 1.25 bits per heavy atom. The third-order valence-electron chi connectivity index (χ3n) is 4.72. The second-order valence-electron chi connectivity index (χ2n) is 6.26. The van der Waals surface area contributed by atoms with Crippen LogP contribution in [0.25, 0.3) is 11.0 Å². The molecule has 0 aliphatic heterocycles. The van der Waals surface area contributed by atoms with Crippen LogP contribution in [-0.4, -0.2) is 9.97 Å². The standard InChI is InChI=1S/C17H25N3/c1-2-3-4-12-5-7-13(8-6-12)17-19-15-10-9-14(18)11-16(15)20-17/h9-13H,2-8,18H2,1H3,(H,19,20). The van der Waals surface area contributed by atoms with Crippen molar-refractivity contribution in [2.75, 3.05) is 5.73 Å². The van der Waals surface area contributed by atoms with E-state index in [0.717, 1.165) is 22.6 Å². The molecule has 0 atom stereocenters. The number of hydrogen-bond acceptors (Lipinski definition) is 2. The van der Waals surface area contributed by atoms with Gasteiger partial charge in [0.1, 0.15) is 5.82 Å². The summed E-state index contributed by atoms with van der Waals surface area (Å²) >= 11 is 0. The van der Waals surface area contributed by atoms with Crippen LogP contribution in [0, 0.1) is 5.92 Å². The summed E-state index contributed by atoms with van der Waals surface area (Å²) in [7, 11) is 0. The van der Waals surface area contributed by atoms with Gasteiger partial charge >= 0.3 is 0 Å². The Morgan fingerprint density at radius 3 is 2.80 bits per heavy atom. The van der Waals surface area contributed by atoms with Crippen molar-refractivity contribution in [3.63, 3.8) is 0 Å². The summed E-state index contributed by atoms with van der Waals surface area (Å²) in [4.78, 5) is 8.23. The van der Waals surface area contributed by atoms with Gasteiger partial charge in [0.05, 0.1) is 11.0 Å². The van der Waals surface area contributed by atoms with Crippen LogP contribution in [0.4, 0.5) is 5.69 Å². The molecule has 2 aromatic rings. The molecule has 0 amide bonds. The number of nitrogens with two attached hydrogens (primary N) is 1. The first-order valence-corrected chi connectivity index (χ1v) is 8.01. The van der Waals surface area contributed by atoms with Gasteiger partial charge in [-0.1, -0.05) is 26.2 Å². The van der Waals surface area contributed by atoms with Crippen molar-refractivity contribution in [2.45, 2.75) is 57.8 Å². The van der Waals surface area contributed by atoms with Crippen molar-refractivity contribution in [3.05, 3.63) is 24.0 Å². The maximum atomic E-state index is 5.83. The van der Waals surface area contributed by atoms with Crippen LogP contribution in [0.15, 0.2) is 18.2 Å². The van der Waals surface area contributed by atoms with Crippen molar-refractivity contribution in [1.82, 2.24) is 9.97 Å². The molecule has 1 aliphatic carbocycles. The SMILES string of the molecule is CCCCC1CCC(c2nc3ccc(N)cc3[nH]2)CC1. The predicted octanol–water partition coefficient (Wildman–Crippen LogP) is 4.61. The fraction of sp³-hybridized carbons (Fsp3) is 0.588. The molecule has 0 radical (unpaired) electrons. The maximum absolute atomic E-state index is 5.83. The molecule has 0 unspecified atom stereocenters. The van der Waals surface area contributed by atoms with Gasteiger partial charge in [0.2, 0.25) is 0 Å². The Labute approximate surface area is 121 Å². The van der Waals surface area contributed by atoms with Gasteiger partial charge in [0.15, 0.2) is 0 Å². The van der Waals surface area contributed by atoms with Gasteiger partial charge in [-0.25, -0.2) is 4.98 Å². The zero-order valence-electron chi connectivity index (χ0n) is 12.4. The summed E-state index contributed by atoms with van der Waals surface area (Å²) in [6, 6.07) is 5.92. The number of nitrogens with zero attached hydrogens (tertiary/aromatic N) is 1. The molecule has 1 aromatic carbocycles. The van der Waals surface area contributed by atoms with Crippen molar-refractivity contribution in [3.8, 4) is 0 Å². The largest absolute Gasteiger partial charge is 0.399 e. The highest BCUT2D eigenvalue weighted by atomic mass is 14.9. The number of imidazole rings is 1. The number of benzene rings is 1. The summed E-state index contributed by atoms with van der Waals surface area (Å²) < 4.78 is 0. The van der Waals surface area contributed by atoms with Crippen molar-refractivity contribution < 1.29 is 0 Å². The molecule has 1 aromatic heterocycles. The van der Waals surface area contributed by atoms with Crippen LogP contribution in [0.3, 0.4) is 0 Å². The first-order valence-electron chi connectivity index (χ1n) is 8.01. The molecule has 108 valence electrons. The zero-order chi connectivity index (χ0) is 13.9. The summed E-state index contributed by atoms with van der Waals surface area (Å²) in [5.74, 6) is 2.73. The van der Waals surface area contributed by atoms with E-state index in [1.807, 2.05) is 18.2 Å². The smallest absolute Gasteiger partial charge is 0.110 e. The van der Waals surface area contributed by atoms with Gasteiger partial charge in [-0.2, -0.15) is 0 Å². The molecule has 3 rings (SSSR count). The predicted molar refractivity (Wildman–Crippen MR) is 84.7 cm³/mol.